The van der Waals surface area contributed by atoms with Crippen LogP contribution in [-0.4, -0.2) is 52.0 Å². The summed E-state index contributed by atoms with van der Waals surface area (Å²) in [6, 6.07) is 5.69. The van der Waals surface area contributed by atoms with Crippen molar-refractivity contribution in [1.29, 1.82) is 0 Å². The van der Waals surface area contributed by atoms with E-state index in [1.165, 1.54) is 24.3 Å². The van der Waals surface area contributed by atoms with E-state index >= 15 is 0 Å². The molecule has 1 aromatic heterocycles. The Kier molecular flexibility index (Phi) is 5.75. The molecule has 2 aromatic rings. The number of amides is 1. The number of rotatable bonds is 6. The van der Waals surface area contributed by atoms with Gasteiger partial charge in [-0.1, -0.05) is 18.5 Å². The lowest BCUT2D eigenvalue weighted by Crippen LogP contribution is -2.48. The van der Waals surface area contributed by atoms with Gasteiger partial charge < -0.3 is 9.42 Å². The second-order valence-corrected chi connectivity index (χ2v) is 6.28. The lowest BCUT2D eigenvalue weighted by molar-refractivity contribution is 0.0615. The van der Waals surface area contributed by atoms with Crippen LogP contribution in [-0.2, 0) is 13.0 Å². The van der Waals surface area contributed by atoms with Crippen molar-refractivity contribution in [2.45, 2.75) is 32.7 Å². The molecule has 0 N–H and O–H groups in total. The van der Waals surface area contributed by atoms with Crippen molar-refractivity contribution >= 4 is 5.91 Å². The smallest absolute Gasteiger partial charge is 0.253 e. The summed E-state index contributed by atoms with van der Waals surface area (Å²) < 4.78 is 18.3. The normalized spacial score (nSPS) is 15.5. The molecular formula is C18H23FN4O2. The highest BCUT2D eigenvalue weighted by atomic mass is 19.1. The first kappa shape index (κ1) is 17.5. The van der Waals surface area contributed by atoms with E-state index in [1.54, 1.807) is 4.90 Å². The minimum atomic E-state index is -0.334. The number of nitrogens with zero attached hydrogens (tertiary/aromatic N) is 4. The number of benzene rings is 1. The van der Waals surface area contributed by atoms with Gasteiger partial charge in [-0.05, 0) is 30.7 Å². The highest BCUT2D eigenvalue weighted by Gasteiger charge is 2.23. The number of piperazine rings is 1. The molecule has 0 spiro atoms. The summed E-state index contributed by atoms with van der Waals surface area (Å²) in [6.45, 7) is 5.50. The molecule has 0 aliphatic carbocycles. The molecule has 1 fully saturated rings. The molecule has 0 bridgehead atoms. The summed E-state index contributed by atoms with van der Waals surface area (Å²) >= 11 is 0. The Bertz CT molecular complexity index is 693. The van der Waals surface area contributed by atoms with Gasteiger partial charge in [0, 0.05) is 38.2 Å². The Labute approximate surface area is 146 Å². The summed E-state index contributed by atoms with van der Waals surface area (Å²) in [5.74, 6) is 1.00. The van der Waals surface area contributed by atoms with E-state index in [9.17, 15) is 9.18 Å². The molecular weight excluding hydrogens is 323 g/mol. The van der Waals surface area contributed by atoms with E-state index in [2.05, 4.69) is 22.0 Å². The Hall–Kier alpha value is -2.28. The number of hydrogen-bond donors (Lipinski definition) is 0. The van der Waals surface area contributed by atoms with Gasteiger partial charge in [0.2, 0.25) is 5.89 Å². The number of aromatic nitrogens is 2. The van der Waals surface area contributed by atoms with Gasteiger partial charge in [-0.2, -0.15) is 4.98 Å². The van der Waals surface area contributed by atoms with Gasteiger partial charge >= 0.3 is 0 Å². The van der Waals surface area contributed by atoms with Gasteiger partial charge in [0.15, 0.2) is 5.82 Å². The van der Waals surface area contributed by atoms with Crippen LogP contribution >= 0.6 is 0 Å². The molecule has 0 unspecified atom stereocenters. The predicted molar refractivity (Wildman–Crippen MR) is 90.5 cm³/mol. The maximum Gasteiger partial charge on any atom is 0.253 e. The molecule has 6 nitrogen and oxygen atoms in total. The molecule has 0 saturated carbocycles. The van der Waals surface area contributed by atoms with E-state index in [4.69, 9.17) is 4.52 Å². The second kappa shape index (κ2) is 8.20. The first-order valence-corrected chi connectivity index (χ1v) is 8.74. The van der Waals surface area contributed by atoms with Crippen molar-refractivity contribution in [3.05, 3.63) is 47.4 Å². The summed E-state index contributed by atoms with van der Waals surface area (Å²) in [4.78, 5) is 20.8. The van der Waals surface area contributed by atoms with Crippen molar-refractivity contribution in [2.24, 2.45) is 0 Å². The SMILES string of the molecule is CCCCc1noc(CN2CCN(C(=O)c3ccc(F)cc3)CC2)n1. The Morgan fingerprint density at radius 3 is 2.60 bits per heavy atom. The van der Waals surface area contributed by atoms with Crippen LogP contribution in [0, 0.1) is 5.82 Å². The predicted octanol–water partition coefficient (Wildman–Crippen LogP) is 2.51. The fourth-order valence-corrected chi connectivity index (χ4v) is 2.87. The maximum absolute atomic E-state index is 13.0. The number of hydrogen-bond acceptors (Lipinski definition) is 5. The summed E-state index contributed by atoms with van der Waals surface area (Å²) in [5, 5.41) is 4.00. The van der Waals surface area contributed by atoms with Gasteiger partial charge in [0.05, 0.1) is 6.54 Å². The van der Waals surface area contributed by atoms with Crippen LogP contribution in [0.15, 0.2) is 28.8 Å². The number of carbonyl (C=O) groups excluding carboxylic acids is 1. The summed E-state index contributed by atoms with van der Waals surface area (Å²) in [5.41, 5.74) is 0.521. The zero-order chi connectivity index (χ0) is 17.6. The average Bonchev–Trinajstić information content (AvgIpc) is 3.08. The lowest BCUT2D eigenvalue weighted by atomic mass is 10.2. The average molecular weight is 346 g/mol. The van der Waals surface area contributed by atoms with E-state index in [1.807, 2.05) is 0 Å². The third-order valence-corrected chi connectivity index (χ3v) is 4.37. The van der Waals surface area contributed by atoms with Crippen LogP contribution < -0.4 is 0 Å². The van der Waals surface area contributed by atoms with Crippen molar-refractivity contribution < 1.29 is 13.7 Å². The molecule has 0 radical (unpaired) electrons. The largest absolute Gasteiger partial charge is 0.338 e. The molecule has 7 heteroatoms. The molecule has 1 aromatic carbocycles. The van der Waals surface area contributed by atoms with Crippen molar-refractivity contribution in [1.82, 2.24) is 19.9 Å². The van der Waals surface area contributed by atoms with Crippen molar-refractivity contribution in [3.8, 4) is 0 Å². The fourth-order valence-electron chi connectivity index (χ4n) is 2.87. The molecule has 1 aliphatic rings. The first-order valence-electron chi connectivity index (χ1n) is 8.74. The van der Waals surface area contributed by atoms with E-state index in [0.717, 1.165) is 38.2 Å². The summed E-state index contributed by atoms with van der Waals surface area (Å²) in [7, 11) is 0. The van der Waals surface area contributed by atoms with Gasteiger partial charge in [0.25, 0.3) is 5.91 Å². The number of unbranched alkanes of at least 4 members (excludes halogenated alkanes) is 1. The topological polar surface area (TPSA) is 62.5 Å². The number of aryl methyl sites for hydroxylation is 1. The molecule has 1 amide bonds. The first-order chi connectivity index (χ1) is 12.2. The van der Waals surface area contributed by atoms with Crippen LogP contribution in [0.4, 0.5) is 4.39 Å². The van der Waals surface area contributed by atoms with Crippen LogP contribution in [0.5, 0.6) is 0 Å². The quantitative estimate of drug-likeness (QED) is 0.804. The van der Waals surface area contributed by atoms with Gasteiger partial charge in [-0.3, -0.25) is 9.69 Å². The Balaban J connectivity index is 1.49. The summed E-state index contributed by atoms with van der Waals surface area (Å²) in [6.07, 6.45) is 3.01. The second-order valence-electron chi connectivity index (χ2n) is 6.28. The molecule has 1 saturated heterocycles. The third-order valence-electron chi connectivity index (χ3n) is 4.37. The van der Waals surface area contributed by atoms with Crippen LogP contribution in [0.2, 0.25) is 0 Å². The highest BCUT2D eigenvalue weighted by molar-refractivity contribution is 5.94. The maximum atomic E-state index is 13.0. The zero-order valence-electron chi connectivity index (χ0n) is 14.4. The minimum Gasteiger partial charge on any atom is -0.338 e. The van der Waals surface area contributed by atoms with Gasteiger partial charge in [-0.25, -0.2) is 4.39 Å². The Morgan fingerprint density at radius 2 is 1.92 bits per heavy atom. The van der Waals surface area contributed by atoms with E-state index in [0.29, 0.717) is 31.1 Å². The van der Waals surface area contributed by atoms with Crippen molar-refractivity contribution in [2.75, 3.05) is 26.2 Å². The molecule has 0 atom stereocenters. The van der Waals surface area contributed by atoms with Gasteiger partial charge in [0.1, 0.15) is 5.82 Å². The van der Waals surface area contributed by atoms with Crippen molar-refractivity contribution in [3.63, 3.8) is 0 Å². The molecule has 1 aliphatic heterocycles. The Morgan fingerprint density at radius 1 is 1.20 bits per heavy atom. The molecule has 2 heterocycles. The number of carbonyl (C=O) groups is 1. The third kappa shape index (κ3) is 4.63. The lowest BCUT2D eigenvalue weighted by Gasteiger charge is -2.34. The minimum absolute atomic E-state index is 0.0562. The number of halogens is 1. The van der Waals surface area contributed by atoms with Gasteiger partial charge in [-0.15, -0.1) is 0 Å². The van der Waals surface area contributed by atoms with Crippen LogP contribution in [0.3, 0.4) is 0 Å². The van der Waals surface area contributed by atoms with E-state index < -0.39 is 0 Å². The standard InChI is InChI=1S/C18H23FN4O2/c1-2-3-4-16-20-17(25-21-16)13-22-9-11-23(12-10-22)18(24)14-5-7-15(19)8-6-14/h5-8H,2-4,9-13H2,1H3. The fraction of sp³-hybridized carbons (Fsp3) is 0.500. The molecule has 3 rings (SSSR count). The van der Waals surface area contributed by atoms with E-state index in [-0.39, 0.29) is 11.7 Å². The monoisotopic (exact) mass is 346 g/mol. The molecule has 134 valence electrons. The highest BCUT2D eigenvalue weighted by Crippen LogP contribution is 2.12. The zero-order valence-corrected chi connectivity index (χ0v) is 14.4. The van der Waals surface area contributed by atoms with Crippen LogP contribution in [0.1, 0.15) is 41.8 Å². The van der Waals surface area contributed by atoms with Crippen LogP contribution in [0.25, 0.3) is 0 Å². The molecule has 25 heavy (non-hydrogen) atoms.